The normalized spacial score (nSPS) is 31.2. The highest BCUT2D eigenvalue weighted by atomic mass is 15.2. The minimum absolute atomic E-state index is 0.360. The minimum atomic E-state index is 0.360. The first kappa shape index (κ1) is 15.0. The van der Waals surface area contributed by atoms with E-state index < -0.39 is 0 Å². The predicted octanol–water partition coefficient (Wildman–Crippen LogP) is 3.12. The lowest BCUT2D eigenvalue weighted by atomic mass is 9.76. The lowest BCUT2D eigenvalue weighted by Crippen LogP contribution is -2.52. The maximum atomic E-state index is 6.32. The summed E-state index contributed by atoms with van der Waals surface area (Å²) >= 11 is 0. The van der Waals surface area contributed by atoms with Crippen LogP contribution in [0.15, 0.2) is 0 Å². The third-order valence-electron chi connectivity index (χ3n) is 4.14. The molecule has 102 valence electrons. The van der Waals surface area contributed by atoms with E-state index in [9.17, 15) is 0 Å². The van der Waals surface area contributed by atoms with Crippen LogP contribution >= 0.6 is 0 Å². The van der Waals surface area contributed by atoms with Crippen LogP contribution in [0.5, 0.6) is 0 Å². The van der Waals surface area contributed by atoms with Gasteiger partial charge in [0.1, 0.15) is 0 Å². The second-order valence-corrected chi connectivity index (χ2v) is 7.52. The van der Waals surface area contributed by atoms with Gasteiger partial charge in [-0.05, 0) is 43.6 Å². The summed E-state index contributed by atoms with van der Waals surface area (Å²) in [5, 5.41) is 0. The molecule has 0 amide bonds. The van der Waals surface area contributed by atoms with Crippen LogP contribution in [0.1, 0.15) is 53.9 Å². The topological polar surface area (TPSA) is 29.3 Å². The highest BCUT2D eigenvalue weighted by Crippen LogP contribution is 2.32. The molecule has 0 aliphatic heterocycles. The van der Waals surface area contributed by atoms with Gasteiger partial charge in [0.05, 0.1) is 0 Å². The summed E-state index contributed by atoms with van der Waals surface area (Å²) in [6.07, 6.45) is 3.80. The molecule has 1 saturated carbocycles. The van der Waals surface area contributed by atoms with E-state index in [2.05, 4.69) is 46.6 Å². The molecular formula is C15H32N2. The van der Waals surface area contributed by atoms with Crippen molar-refractivity contribution in [2.45, 2.75) is 66.0 Å². The van der Waals surface area contributed by atoms with Crippen molar-refractivity contribution in [2.75, 3.05) is 13.6 Å². The largest absolute Gasteiger partial charge is 0.326 e. The van der Waals surface area contributed by atoms with Crippen molar-refractivity contribution in [3.05, 3.63) is 0 Å². The Bertz CT molecular complexity index is 230. The van der Waals surface area contributed by atoms with Gasteiger partial charge >= 0.3 is 0 Å². The third-order valence-corrected chi connectivity index (χ3v) is 4.14. The van der Waals surface area contributed by atoms with Crippen molar-refractivity contribution in [1.82, 2.24) is 4.90 Å². The van der Waals surface area contributed by atoms with Crippen molar-refractivity contribution in [3.63, 3.8) is 0 Å². The Hall–Kier alpha value is -0.0800. The van der Waals surface area contributed by atoms with E-state index in [1.165, 1.54) is 19.3 Å². The average molecular weight is 240 g/mol. The Kier molecular flexibility index (Phi) is 5.03. The van der Waals surface area contributed by atoms with E-state index in [1.807, 2.05) is 0 Å². The summed E-state index contributed by atoms with van der Waals surface area (Å²) < 4.78 is 0. The zero-order valence-corrected chi connectivity index (χ0v) is 12.7. The summed E-state index contributed by atoms with van der Waals surface area (Å²) in [6.45, 7) is 12.7. The Morgan fingerprint density at radius 3 is 2.29 bits per heavy atom. The maximum absolute atomic E-state index is 6.32. The first-order valence-corrected chi connectivity index (χ1v) is 7.16. The molecule has 1 aliphatic carbocycles. The molecule has 1 fully saturated rings. The molecule has 2 heteroatoms. The molecule has 2 nitrogen and oxygen atoms in total. The fraction of sp³-hybridized carbons (Fsp3) is 1.00. The molecule has 1 aliphatic rings. The lowest BCUT2D eigenvalue weighted by molar-refractivity contribution is 0.0909. The smallest absolute Gasteiger partial charge is 0.0247 e. The molecule has 0 spiro atoms. The molecule has 0 aromatic heterocycles. The molecule has 0 bridgehead atoms. The quantitative estimate of drug-likeness (QED) is 0.821. The first-order chi connectivity index (χ1) is 7.70. The predicted molar refractivity (Wildman–Crippen MR) is 76.0 cm³/mol. The molecular weight excluding hydrogens is 208 g/mol. The summed E-state index contributed by atoms with van der Waals surface area (Å²) in [6, 6.07) is 0.952. The van der Waals surface area contributed by atoms with Gasteiger partial charge in [0, 0.05) is 18.6 Å². The zero-order valence-electron chi connectivity index (χ0n) is 12.7. The molecule has 0 heterocycles. The summed E-state index contributed by atoms with van der Waals surface area (Å²) in [4.78, 5) is 2.50. The molecule has 2 N–H and O–H groups in total. The SMILES string of the molecule is CC(C)C1CCC(N)C(N(C)CC(C)(C)C)C1. The van der Waals surface area contributed by atoms with Crippen LogP contribution in [0.4, 0.5) is 0 Å². The van der Waals surface area contributed by atoms with Crippen molar-refractivity contribution in [1.29, 1.82) is 0 Å². The Labute approximate surface area is 108 Å². The van der Waals surface area contributed by atoms with Gasteiger partial charge in [-0.2, -0.15) is 0 Å². The molecule has 0 radical (unpaired) electrons. The van der Waals surface area contributed by atoms with Gasteiger partial charge in [0.15, 0.2) is 0 Å². The van der Waals surface area contributed by atoms with Crippen molar-refractivity contribution in [3.8, 4) is 0 Å². The Morgan fingerprint density at radius 1 is 1.24 bits per heavy atom. The number of nitrogens with two attached hydrogens (primary N) is 1. The van der Waals surface area contributed by atoms with Gasteiger partial charge < -0.3 is 10.6 Å². The van der Waals surface area contributed by atoms with Crippen LogP contribution in [0, 0.1) is 17.3 Å². The molecule has 0 aromatic carbocycles. The Balaban J connectivity index is 2.60. The van der Waals surface area contributed by atoms with E-state index >= 15 is 0 Å². The molecule has 3 atom stereocenters. The van der Waals surface area contributed by atoms with Crippen LogP contribution in [0.3, 0.4) is 0 Å². The van der Waals surface area contributed by atoms with Crippen LogP contribution in [-0.4, -0.2) is 30.6 Å². The van der Waals surface area contributed by atoms with E-state index in [-0.39, 0.29) is 0 Å². The monoisotopic (exact) mass is 240 g/mol. The molecule has 3 unspecified atom stereocenters. The van der Waals surface area contributed by atoms with Crippen LogP contribution in [-0.2, 0) is 0 Å². The summed E-state index contributed by atoms with van der Waals surface area (Å²) in [7, 11) is 2.25. The first-order valence-electron chi connectivity index (χ1n) is 7.16. The highest BCUT2D eigenvalue weighted by Gasteiger charge is 2.33. The number of hydrogen-bond acceptors (Lipinski definition) is 2. The van der Waals surface area contributed by atoms with Crippen LogP contribution in [0.25, 0.3) is 0 Å². The van der Waals surface area contributed by atoms with Crippen molar-refractivity contribution < 1.29 is 0 Å². The number of hydrogen-bond donors (Lipinski definition) is 1. The van der Waals surface area contributed by atoms with Gasteiger partial charge in [0.25, 0.3) is 0 Å². The fourth-order valence-electron chi connectivity index (χ4n) is 3.18. The zero-order chi connectivity index (χ0) is 13.2. The van der Waals surface area contributed by atoms with Gasteiger partial charge in [-0.15, -0.1) is 0 Å². The van der Waals surface area contributed by atoms with Gasteiger partial charge in [-0.25, -0.2) is 0 Å². The average Bonchev–Trinajstić information content (AvgIpc) is 2.14. The maximum Gasteiger partial charge on any atom is 0.0247 e. The van der Waals surface area contributed by atoms with Gasteiger partial charge in [-0.3, -0.25) is 0 Å². The summed E-state index contributed by atoms with van der Waals surface area (Å²) in [5.41, 5.74) is 6.68. The van der Waals surface area contributed by atoms with E-state index in [0.29, 0.717) is 17.5 Å². The van der Waals surface area contributed by atoms with E-state index in [0.717, 1.165) is 18.4 Å². The number of nitrogens with zero attached hydrogens (tertiary/aromatic N) is 1. The van der Waals surface area contributed by atoms with Crippen molar-refractivity contribution >= 4 is 0 Å². The molecule has 0 saturated heterocycles. The highest BCUT2D eigenvalue weighted by molar-refractivity contribution is 4.90. The molecule has 17 heavy (non-hydrogen) atoms. The molecule has 0 aromatic rings. The Morgan fingerprint density at radius 2 is 1.82 bits per heavy atom. The van der Waals surface area contributed by atoms with E-state index in [1.54, 1.807) is 0 Å². The number of rotatable bonds is 3. The second kappa shape index (κ2) is 5.71. The third kappa shape index (κ3) is 4.59. The van der Waals surface area contributed by atoms with Crippen LogP contribution < -0.4 is 5.73 Å². The second-order valence-electron chi connectivity index (χ2n) is 7.52. The van der Waals surface area contributed by atoms with Crippen LogP contribution in [0.2, 0.25) is 0 Å². The number of likely N-dealkylation sites (N-methyl/N-ethyl adjacent to an activating group) is 1. The minimum Gasteiger partial charge on any atom is -0.326 e. The van der Waals surface area contributed by atoms with E-state index in [4.69, 9.17) is 5.73 Å². The summed E-state index contributed by atoms with van der Waals surface area (Å²) in [5.74, 6) is 1.66. The van der Waals surface area contributed by atoms with Gasteiger partial charge in [0.2, 0.25) is 0 Å². The fourth-order valence-corrected chi connectivity index (χ4v) is 3.18. The van der Waals surface area contributed by atoms with Gasteiger partial charge in [-0.1, -0.05) is 34.6 Å². The lowest BCUT2D eigenvalue weighted by Gasteiger charge is -2.42. The standard InChI is InChI=1S/C15H32N2/c1-11(2)12-7-8-13(16)14(9-12)17(6)10-15(3,4)5/h11-14H,7-10,16H2,1-6H3. The van der Waals surface area contributed by atoms with Crippen molar-refractivity contribution in [2.24, 2.45) is 23.0 Å². The molecule has 1 rings (SSSR count).